The Kier molecular flexibility index (Phi) is 7.83. The summed E-state index contributed by atoms with van der Waals surface area (Å²) in [7, 11) is -0.557. The zero-order chi connectivity index (χ0) is 25.0. The number of amides is 2. The molecule has 2 aromatic carbocycles. The Morgan fingerprint density at radius 2 is 1.79 bits per heavy atom. The van der Waals surface area contributed by atoms with Crippen molar-refractivity contribution in [2.75, 3.05) is 32.2 Å². The Morgan fingerprint density at radius 1 is 1.09 bits per heavy atom. The van der Waals surface area contributed by atoms with E-state index in [0.29, 0.717) is 35.8 Å². The van der Waals surface area contributed by atoms with Gasteiger partial charge in [0.1, 0.15) is 17.5 Å². The zero-order valence-electron chi connectivity index (χ0n) is 20.1. The number of rotatable bonds is 9. The number of carbonyl (C=O) groups excluding carboxylic acids is 2. The largest absolute Gasteiger partial charge is 0.497 e. The van der Waals surface area contributed by atoms with Crippen LogP contribution in [0.3, 0.4) is 0 Å². The van der Waals surface area contributed by atoms with Crippen LogP contribution < -0.4 is 19.7 Å². The fourth-order valence-electron chi connectivity index (χ4n) is 4.20. The normalized spacial score (nSPS) is 15.2. The second-order valence-electron chi connectivity index (χ2n) is 7.88. The highest BCUT2D eigenvalue weighted by Gasteiger charge is 2.38. The third-order valence-electron chi connectivity index (χ3n) is 5.97. The Hall–Kier alpha value is -3.11. The summed E-state index contributed by atoms with van der Waals surface area (Å²) in [6, 6.07) is 9.19. The summed E-state index contributed by atoms with van der Waals surface area (Å²) in [5, 5.41) is 2.87. The molecule has 0 unspecified atom stereocenters. The summed E-state index contributed by atoms with van der Waals surface area (Å²) in [5.41, 5.74) is 1.95. The molecule has 2 aromatic rings. The molecule has 1 N–H and O–H groups in total. The summed E-state index contributed by atoms with van der Waals surface area (Å²) in [5.74, 6) is 0.582. The number of methoxy groups -OCH3 is 2. The number of hydrogen-bond acceptors (Lipinski definition) is 6. The van der Waals surface area contributed by atoms with Gasteiger partial charge in [0, 0.05) is 50.3 Å². The molecule has 0 aliphatic carbocycles. The van der Waals surface area contributed by atoms with E-state index in [-0.39, 0.29) is 29.7 Å². The maximum Gasteiger partial charge on any atom is 0.243 e. The molecule has 9 nitrogen and oxygen atoms in total. The van der Waals surface area contributed by atoms with Gasteiger partial charge in [-0.05, 0) is 35.9 Å². The third-order valence-corrected chi connectivity index (χ3v) is 8.01. The predicted octanol–water partition coefficient (Wildman–Crippen LogP) is 2.33. The lowest BCUT2D eigenvalue weighted by Crippen LogP contribution is -2.47. The Balaban J connectivity index is 1.83. The van der Waals surface area contributed by atoms with Crippen molar-refractivity contribution in [2.45, 2.75) is 44.7 Å². The summed E-state index contributed by atoms with van der Waals surface area (Å²) in [6.45, 7) is 5.87. The number of carbonyl (C=O) groups is 2. The lowest BCUT2D eigenvalue weighted by atomic mass is 10.1. The van der Waals surface area contributed by atoms with Crippen LogP contribution in [-0.2, 0) is 32.6 Å². The van der Waals surface area contributed by atoms with Crippen LogP contribution in [-0.4, -0.2) is 57.9 Å². The van der Waals surface area contributed by atoms with Gasteiger partial charge in [0.05, 0.1) is 19.1 Å². The number of fused-ring (bicyclic) bond motifs is 1. The third kappa shape index (κ3) is 4.88. The second kappa shape index (κ2) is 10.4. The molecule has 0 saturated carbocycles. The van der Waals surface area contributed by atoms with E-state index in [2.05, 4.69) is 5.32 Å². The van der Waals surface area contributed by atoms with Crippen LogP contribution in [0.2, 0.25) is 0 Å². The summed E-state index contributed by atoms with van der Waals surface area (Å²) >= 11 is 0. The standard InChI is InChI=1S/C24H31N3O6S/c1-6-26(7-2)34(30,31)20-10-11-21-18(12-20)13-22(27(21)16(3)28)24(29)25-15-17-8-9-19(32-4)14-23(17)33-5/h8-12,14,22H,6-7,13,15H2,1-5H3,(H,25,29)/t22-/m0/s1. The van der Waals surface area contributed by atoms with Crippen molar-refractivity contribution in [1.29, 1.82) is 0 Å². The molecule has 3 rings (SSSR count). The van der Waals surface area contributed by atoms with Crippen molar-refractivity contribution in [3.8, 4) is 11.5 Å². The smallest absolute Gasteiger partial charge is 0.243 e. The number of ether oxygens (including phenoxy) is 2. The van der Waals surface area contributed by atoms with Crippen molar-refractivity contribution in [2.24, 2.45) is 0 Å². The molecule has 0 spiro atoms. The Morgan fingerprint density at radius 3 is 2.38 bits per heavy atom. The average Bonchev–Trinajstić information content (AvgIpc) is 3.22. The van der Waals surface area contributed by atoms with Gasteiger partial charge in [0.15, 0.2) is 0 Å². The molecule has 2 amide bonds. The molecule has 0 radical (unpaired) electrons. The van der Waals surface area contributed by atoms with Crippen LogP contribution in [0, 0.1) is 0 Å². The van der Waals surface area contributed by atoms with E-state index < -0.39 is 16.1 Å². The van der Waals surface area contributed by atoms with Crippen LogP contribution in [0.1, 0.15) is 31.9 Å². The maximum absolute atomic E-state index is 13.1. The van der Waals surface area contributed by atoms with Crippen LogP contribution in [0.4, 0.5) is 5.69 Å². The Bertz CT molecular complexity index is 1180. The SMILES string of the molecule is CCN(CC)S(=O)(=O)c1ccc2c(c1)C[C@@H](C(=O)NCc1ccc(OC)cc1OC)N2C(C)=O. The van der Waals surface area contributed by atoms with Crippen molar-refractivity contribution in [3.05, 3.63) is 47.5 Å². The monoisotopic (exact) mass is 489 g/mol. The first-order valence-electron chi connectivity index (χ1n) is 11.1. The van der Waals surface area contributed by atoms with Crippen molar-refractivity contribution >= 4 is 27.5 Å². The van der Waals surface area contributed by atoms with Gasteiger partial charge in [0.2, 0.25) is 21.8 Å². The summed E-state index contributed by atoms with van der Waals surface area (Å²) in [6.07, 6.45) is 0.224. The minimum Gasteiger partial charge on any atom is -0.497 e. The van der Waals surface area contributed by atoms with E-state index in [1.807, 2.05) is 0 Å². The van der Waals surface area contributed by atoms with Gasteiger partial charge < -0.3 is 14.8 Å². The molecule has 0 saturated heterocycles. The first-order chi connectivity index (χ1) is 16.2. The molecule has 184 valence electrons. The van der Waals surface area contributed by atoms with E-state index >= 15 is 0 Å². The number of sulfonamides is 1. The molecule has 1 heterocycles. The number of benzene rings is 2. The van der Waals surface area contributed by atoms with Crippen molar-refractivity contribution in [3.63, 3.8) is 0 Å². The fraction of sp³-hybridized carbons (Fsp3) is 0.417. The molecule has 1 aliphatic heterocycles. The minimum absolute atomic E-state index is 0.155. The van der Waals surface area contributed by atoms with E-state index in [1.165, 1.54) is 29.3 Å². The molecule has 0 fully saturated rings. The van der Waals surface area contributed by atoms with Crippen LogP contribution >= 0.6 is 0 Å². The number of hydrogen-bond donors (Lipinski definition) is 1. The summed E-state index contributed by atoms with van der Waals surface area (Å²) in [4.78, 5) is 27.1. The van der Waals surface area contributed by atoms with E-state index in [9.17, 15) is 18.0 Å². The number of nitrogens with one attached hydrogen (secondary N) is 1. The van der Waals surface area contributed by atoms with Gasteiger partial charge in [-0.15, -0.1) is 0 Å². The van der Waals surface area contributed by atoms with E-state index in [1.54, 1.807) is 51.3 Å². The molecule has 34 heavy (non-hydrogen) atoms. The molecule has 0 bridgehead atoms. The topological polar surface area (TPSA) is 105 Å². The number of anilines is 1. The van der Waals surface area contributed by atoms with Gasteiger partial charge in [-0.2, -0.15) is 4.31 Å². The minimum atomic E-state index is -3.65. The Labute approximate surface area is 200 Å². The quantitative estimate of drug-likeness (QED) is 0.580. The lowest BCUT2D eigenvalue weighted by molar-refractivity contribution is -0.125. The van der Waals surface area contributed by atoms with E-state index in [0.717, 1.165) is 5.56 Å². The average molecular weight is 490 g/mol. The first kappa shape index (κ1) is 25.5. The molecule has 1 aliphatic rings. The van der Waals surface area contributed by atoms with Gasteiger partial charge in [-0.25, -0.2) is 8.42 Å². The molecular formula is C24H31N3O6S. The van der Waals surface area contributed by atoms with E-state index in [4.69, 9.17) is 9.47 Å². The number of nitrogens with zero attached hydrogens (tertiary/aromatic N) is 2. The highest BCUT2D eigenvalue weighted by Crippen LogP contribution is 2.35. The van der Waals surface area contributed by atoms with Gasteiger partial charge in [-0.1, -0.05) is 13.8 Å². The van der Waals surface area contributed by atoms with Crippen molar-refractivity contribution in [1.82, 2.24) is 9.62 Å². The van der Waals surface area contributed by atoms with Gasteiger partial charge in [-0.3, -0.25) is 14.5 Å². The van der Waals surface area contributed by atoms with Crippen LogP contribution in [0.25, 0.3) is 0 Å². The maximum atomic E-state index is 13.1. The molecule has 1 atom stereocenters. The van der Waals surface area contributed by atoms with Gasteiger partial charge in [0.25, 0.3) is 0 Å². The molecular weight excluding hydrogens is 458 g/mol. The van der Waals surface area contributed by atoms with Crippen LogP contribution in [0.5, 0.6) is 11.5 Å². The molecule has 0 aromatic heterocycles. The van der Waals surface area contributed by atoms with Crippen LogP contribution in [0.15, 0.2) is 41.3 Å². The highest BCUT2D eigenvalue weighted by atomic mass is 32.2. The fourth-order valence-corrected chi connectivity index (χ4v) is 5.71. The van der Waals surface area contributed by atoms with Gasteiger partial charge >= 0.3 is 0 Å². The second-order valence-corrected chi connectivity index (χ2v) is 9.82. The highest BCUT2D eigenvalue weighted by molar-refractivity contribution is 7.89. The lowest BCUT2D eigenvalue weighted by Gasteiger charge is -2.24. The first-order valence-corrected chi connectivity index (χ1v) is 12.5. The predicted molar refractivity (Wildman–Crippen MR) is 129 cm³/mol. The zero-order valence-corrected chi connectivity index (χ0v) is 20.9. The summed E-state index contributed by atoms with van der Waals surface area (Å²) < 4.78 is 37.8. The molecule has 10 heteroatoms. The van der Waals surface area contributed by atoms with Crippen molar-refractivity contribution < 1.29 is 27.5 Å².